The van der Waals surface area contributed by atoms with Crippen LogP contribution >= 0.6 is 0 Å². The molecule has 2 aromatic heterocycles. The van der Waals surface area contributed by atoms with Crippen LogP contribution in [0.5, 0.6) is 0 Å². The van der Waals surface area contributed by atoms with E-state index in [-0.39, 0.29) is 6.04 Å². The van der Waals surface area contributed by atoms with Gasteiger partial charge in [-0.2, -0.15) is 4.39 Å². The zero-order valence-electron chi connectivity index (χ0n) is 9.64. The second-order valence-electron chi connectivity index (χ2n) is 3.75. The van der Waals surface area contributed by atoms with E-state index >= 15 is 0 Å². The van der Waals surface area contributed by atoms with Gasteiger partial charge < -0.3 is 10.1 Å². The van der Waals surface area contributed by atoms with Crippen molar-refractivity contribution in [3.8, 4) is 0 Å². The van der Waals surface area contributed by atoms with Gasteiger partial charge in [0.05, 0.1) is 18.3 Å². The number of halogens is 1. The molecule has 5 nitrogen and oxygen atoms in total. The average Bonchev–Trinajstić information content (AvgIpc) is 2.30. The second-order valence-corrected chi connectivity index (χ2v) is 3.75. The van der Waals surface area contributed by atoms with Crippen molar-refractivity contribution >= 4 is 16.7 Å². The number of fused-ring (bicyclic) bond motifs is 1. The fourth-order valence-electron chi connectivity index (χ4n) is 1.57. The summed E-state index contributed by atoms with van der Waals surface area (Å²) in [5.41, 5.74) is 0.605. The molecule has 2 aromatic rings. The number of ether oxygens (including phenoxy) is 1. The first kappa shape index (κ1) is 11.7. The number of hydrogen-bond donors (Lipinski definition) is 1. The molecule has 1 atom stereocenters. The summed E-state index contributed by atoms with van der Waals surface area (Å²) >= 11 is 0. The molecule has 17 heavy (non-hydrogen) atoms. The van der Waals surface area contributed by atoms with Crippen LogP contribution in [0.3, 0.4) is 0 Å². The maximum absolute atomic E-state index is 13.1. The SMILES string of the molecule is COCC(C)Nc1ncnc2cnc(F)cc12. The number of hydrogen-bond acceptors (Lipinski definition) is 5. The molecule has 0 aliphatic carbocycles. The molecule has 0 saturated carbocycles. The number of anilines is 1. The lowest BCUT2D eigenvalue weighted by Crippen LogP contribution is -2.21. The molecule has 2 heterocycles. The van der Waals surface area contributed by atoms with Crippen molar-refractivity contribution in [3.63, 3.8) is 0 Å². The summed E-state index contributed by atoms with van der Waals surface area (Å²) in [4.78, 5) is 11.7. The van der Waals surface area contributed by atoms with E-state index in [0.29, 0.717) is 23.3 Å². The van der Waals surface area contributed by atoms with Crippen molar-refractivity contribution in [1.29, 1.82) is 0 Å². The van der Waals surface area contributed by atoms with Crippen LogP contribution in [0.25, 0.3) is 10.9 Å². The van der Waals surface area contributed by atoms with E-state index in [0.717, 1.165) is 0 Å². The van der Waals surface area contributed by atoms with Gasteiger partial charge in [-0.25, -0.2) is 15.0 Å². The number of rotatable bonds is 4. The van der Waals surface area contributed by atoms with Crippen LogP contribution < -0.4 is 5.32 Å². The van der Waals surface area contributed by atoms with Gasteiger partial charge in [-0.3, -0.25) is 0 Å². The Kier molecular flexibility index (Phi) is 3.43. The summed E-state index contributed by atoms with van der Waals surface area (Å²) in [5.74, 6) is 0.0376. The van der Waals surface area contributed by atoms with Crippen molar-refractivity contribution in [1.82, 2.24) is 15.0 Å². The zero-order chi connectivity index (χ0) is 12.3. The maximum Gasteiger partial charge on any atom is 0.213 e. The monoisotopic (exact) mass is 236 g/mol. The van der Waals surface area contributed by atoms with Gasteiger partial charge in [0.2, 0.25) is 5.95 Å². The maximum atomic E-state index is 13.1. The molecule has 0 aliphatic heterocycles. The van der Waals surface area contributed by atoms with Crippen molar-refractivity contribution in [2.45, 2.75) is 13.0 Å². The minimum absolute atomic E-state index is 0.0781. The Morgan fingerprint density at radius 2 is 2.24 bits per heavy atom. The third-order valence-corrected chi connectivity index (χ3v) is 2.29. The summed E-state index contributed by atoms with van der Waals surface area (Å²) in [5, 5.41) is 3.76. The fourth-order valence-corrected chi connectivity index (χ4v) is 1.57. The lowest BCUT2D eigenvalue weighted by atomic mass is 10.2. The normalized spacial score (nSPS) is 12.6. The van der Waals surface area contributed by atoms with Crippen LogP contribution in [0.2, 0.25) is 0 Å². The number of nitrogens with one attached hydrogen (secondary N) is 1. The largest absolute Gasteiger partial charge is 0.383 e. The Hall–Kier alpha value is -1.82. The van der Waals surface area contributed by atoms with Gasteiger partial charge in [0.15, 0.2) is 0 Å². The lowest BCUT2D eigenvalue weighted by Gasteiger charge is -2.14. The van der Waals surface area contributed by atoms with Crippen LogP contribution in [0, 0.1) is 5.95 Å². The first-order valence-electron chi connectivity index (χ1n) is 5.22. The summed E-state index contributed by atoms with van der Waals surface area (Å²) < 4.78 is 18.1. The molecule has 2 rings (SSSR count). The van der Waals surface area contributed by atoms with Crippen LogP contribution in [-0.2, 0) is 4.74 Å². The van der Waals surface area contributed by atoms with E-state index in [2.05, 4.69) is 20.3 Å². The number of pyridine rings is 1. The molecule has 0 bridgehead atoms. The van der Waals surface area contributed by atoms with Crippen LogP contribution in [0.1, 0.15) is 6.92 Å². The molecule has 1 unspecified atom stereocenters. The molecule has 90 valence electrons. The topological polar surface area (TPSA) is 59.9 Å². The highest BCUT2D eigenvalue weighted by molar-refractivity contribution is 5.88. The smallest absolute Gasteiger partial charge is 0.213 e. The van der Waals surface area contributed by atoms with Crippen molar-refractivity contribution in [3.05, 3.63) is 24.5 Å². The molecule has 0 saturated heterocycles. The first-order chi connectivity index (χ1) is 8.20. The van der Waals surface area contributed by atoms with Gasteiger partial charge in [0, 0.05) is 24.6 Å². The number of methoxy groups -OCH3 is 1. The Labute approximate surface area is 98.1 Å². The third kappa shape index (κ3) is 2.65. The lowest BCUT2D eigenvalue weighted by molar-refractivity contribution is 0.190. The molecule has 6 heteroatoms. The van der Waals surface area contributed by atoms with Gasteiger partial charge >= 0.3 is 0 Å². The molecule has 0 spiro atoms. The van der Waals surface area contributed by atoms with Gasteiger partial charge in [-0.1, -0.05) is 0 Å². The van der Waals surface area contributed by atoms with E-state index in [9.17, 15) is 4.39 Å². The van der Waals surface area contributed by atoms with E-state index < -0.39 is 5.95 Å². The van der Waals surface area contributed by atoms with Crippen LogP contribution in [0.15, 0.2) is 18.6 Å². The Balaban J connectivity index is 2.36. The summed E-state index contributed by atoms with van der Waals surface area (Å²) in [6.07, 6.45) is 2.81. The van der Waals surface area contributed by atoms with E-state index in [1.54, 1.807) is 7.11 Å². The highest BCUT2D eigenvalue weighted by Gasteiger charge is 2.08. The second kappa shape index (κ2) is 5.01. The quantitative estimate of drug-likeness (QED) is 0.817. The molecule has 0 aliphatic rings. The molecular formula is C11H13FN4O. The number of nitrogens with zero attached hydrogens (tertiary/aromatic N) is 3. The first-order valence-corrected chi connectivity index (χ1v) is 5.22. The molecule has 0 aromatic carbocycles. The number of aromatic nitrogens is 3. The molecule has 1 N–H and O–H groups in total. The highest BCUT2D eigenvalue weighted by Crippen LogP contribution is 2.19. The average molecular weight is 236 g/mol. The predicted octanol–water partition coefficient (Wildman–Crippen LogP) is 1.61. The Morgan fingerprint density at radius 3 is 3.00 bits per heavy atom. The molecule has 0 amide bonds. The predicted molar refractivity (Wildman–Crippen MR) is 62.3 cm³/mol. The highest BCUT2D eigenvalue weighted by atomic mass is 19.1. The Morgan fingerprint density at radius 1 is 1.41 bits per heavy atom. The third-order valence-electron chi connectivity index (χ3n) is 2.29. The van der Waals surface area contributed by atoms with Gasteiger partial charge in [0.1, 0.15) is 12.1 Å². The fraction of sp³-hybridized carbons (Fsp3) is 0.364. The molecule has 0 fully saturated rings. The van der Waals surface area contributed by atoms with Gasteiger partial charge in [-0.15, -0.1) is 0 Å². The van der Waals surface area contributed by atoms with E-state index in [4.69, 9.17) is 4.74 Å². The minimum Gasteiger partial charge on any atom is -0.383 e. The minimum atomic E-state index is -0.547. The van der Waals surface area contributed by atoms with E-state index in [1.807, 2.05) is 6.92 Å². The van der Waals surface area contributed by atoms with Crippen molar-refractivity contribution in [2.24, 2.45) is 0 Å². The van der Waals surface area contributed by atoms with Crippen molar-refractivity contribution in [2.75, 3.05) is 19.0 Å². The van der Waals surface area contributed by atoms with Gasteiger partial charge in [-0.05, 0) is 6.92 Å². The van der Waals surface area contributed by atoms with Crippen molar-refractivity contribution < 1.29 is 9.13 Å². The summed E-state index contributed by atoms with van der Waals surface area (Å²) in [6, 6.07) is 1.39. The van der Waals surface area contributed by atoms with Gasteiger partial charge in [0.25, 0.3) is 0 Å². The standard InChI is InChI=1S/C11H13FN4O/c1-7(5-17-2)16-11-8-3-10(12)13-4-9(8)14-6-15-11/h3-4,6-7H,5H2,1-2H3,(H,14,15,16). The summed E-state index contributed by atoms with van der Waals surface area (Å²) in [7, 11) is 1.62. The van der Waals surface area contributed by atoms with E-state index in [1.165, 1.54) is 18.6 Å². The van der Waals surface area contributed by atoms with Crippen LogP contribution in [0.4, 0.5) is 10.2 Å². The molecule has 0 radical (unpaired) electrons. The Bertz CT molecular complexity index is 520. The van der Waals surface area contributed by atoms with Crippen LogP contribution in [-0.4, -0.2) is 34.7 Å². The molecular weight excluding hydrogens is 223 g/mol. The zero-order valence-corrected chi connectivity index (χ0v) is 9.64. The summed E-state index contributed by atoms with van der Waals surface area (Å²) in [6.45, 7) is 2.49.